The third-order valence-corrected chi connectivity index (χ3v) is 3.72. The summed E-state index contributed by atoms with van der Waals surface area (Å²) >= 11 is 24.5. The van der Waals surface area contributed by atoms with Crippen molar-refractivity contribution >= 4 is 46.4 Å². The minimum absolute atomic E-state index is 0.499. The first-order valence-electron chi connectivity index (χ1n) is 5.65. The predicted molar refractivity (Wildman–Crippen MR) is 84.7 cm³/mol. The second-order valence-corrected chi connectivity index (χ2v) is 5.82. The Hall–Kier alpha value is -0.440. The average molecular weight is 335 g/mol. The zero-order valence-corrected chi connectivity index (χ0v) is 12.9. The van der Waals surface area contributed by atoms with Crippen molar-refractivity contribution in [2.45, 2.75) is 6.42 Å². The van der Waals surface area contributed by atoms with Gasteiger partial charge in [-0.15, -0.1) is 0 Å². The van der Waals surface area contributed by atoms with Crippen LogP contribution in [0.25, 0.3) is 11.1 Å². The van der Waals surface area contributed by atoms with Gasteiger partial charge in [-0.1, -0.05) is 52.5 Å². The minimum atomic E-state index is 0.499. The summed E-state index contributed by atoms with van der Waals surface area (Å²) in [4.78, 5) is 0. The smallest absolute Gasteiger partial charge is 0.0514 e. The van der Waals surface area contributed by atoms with Gasteiger partial charge in [0.15, 0.2) is 0 Å². The summed E-state index contributed by atoms with van der Waals surface area (Å²) in [6, 6.07) is 9.01. The molecule has 0 spiro atoms. The maximum Gasteiger partial charge on any atom is 0.0514 e. The van der Waals surface area contributed by atoms with Gasteiger partial charge in [-0.2, -0.15) is 0 Å². The molecule has 0 aliphatic carbocycles. The van der Waals surface area contributed by atoms with Crippen LogP contribution >= 0.6 is 46.4 Å². The van der Waals surface area contributed by atoms with Crippen molar-refractivity contribution in [2.24, 2.45) is 5.73 Å². The van der Waals surface area contributed by atoms with Gasteiger partial charge in [0.1, 0.15) is 0 Å². The molecular formula is C14H11Cl4N. The molecule has 0 aliphatic rings. The molecule has 2 aromatic carbocycles. The van der Waals surface area contributed by atoms with Crippen molar-refractivity contribution in [3.63, 3.8) is 0 Å². The van der Waals surface area contributed by atoms with Crippen LogP contribution < -0.4 is 5.73 Å². The number of hydrogen-bond donors (Lipinski definition) is 1. The third kappa shape index (κ3) is 3.56. The van der Waals surface area contributed by atoms with Gasteiger partial charge >= 0.3 is 0 Å². The van der Waals surface area contributed by atoms with Gasteiger partial charge in [-0.05, 0) is 48.4 Å². The van der Waals surface area contributed by atoms with E-state index in [2.05, 4.69) is 0 Å². The average Bonchev–Trinajstić information content (AvgIpc) is 2.26. The molecule has 0 atom stereocenters. The van der Waals surface area contributed by atoms with Crippen LogP contribution in [-0.4, -0.2) is 6.54 Å². The van der Waals surface area contributed by atoms with Crippen LogP contribution in [0.15, 0.2) is 30.3 Å². The first-order chi connectivity index (χ1) is 9.01. The van der Waals surface area contributed by atoms with E-state index in [9.17, 15) is 0 Å². The molecule has 0 saturated carbocycles. The first-order valence-corrected chi connectivity index (χ1v) is 7.17. The van der Waals surface area contributed by atoms with Gasteiger partial charge in [-0.25, -0.2) is 0 Å². The molecule has 5 heteroatoms. The lowest BCUT2D eigenvalue weighted by Gasteiger charge is -2.10. The summed E-state index contributed by atoms with van der Waals surface area (Å²) in [5, 5.41) is 2.13. The molecule has 1 nitrogen and oxygen atoms in total. The Morgan fingerprint density at radius 1 is 0.789 bits per heavy atom. The standard InChI is InChI=1S/C14H11Cl4N/c15-10-4-8(1-2-19)3-9(5-10)14-12(17)6-11(16)7-13(14)18/h3-7H,1-2,19H2. The summed E-state index contributed by atoms with van der Waals surface area (Å²) in [5.41, 5.74) is 8.21. The van der Waals surface area contributed by atoms with Crippen molar-refractivity contribution in [1.29, 1.82) is 0 Å². The predicted octanol–water partition coefficient (Wildman–Crippen LogP) is 5.47. The summed E-state index contributed by atoms with van der Waals surface area (Å²) in [7, 11) is 0. The number of hydrogen-bond acceptors (Lipinski definition) is 1. The molecule has 2 N–H and O–H groups in total. The highest BCUT2D eigenvalue weighted by Crippen LogP contribution is 2.38. The zero-order chi connectivity index (χ0) is 14.0. The van der Waals surface area contributed by atoms with Crippen LogP contribution in [0.3, 0.4) is 0 Å². The van der Waals surface area contributed by atoms with Crippen molar-refractivity contribution in [3.05, 3.63) is 56.0 Å². The number of nitrogens with two attached hydrogens (primary N) is 1. The van der Waals surface area contributed by atoms with Gasteiger partial charge in [0, 0.05) is 15.6 Å². The second kappa shape index (κ2) is 6.34. The fourth-order valence-electron chi connectivity index (χ4n) is 1.92. The fraction of sp³-hybridized carbons (Fsp3) is 0.143. The van der Waals surface area contributed by atoms with Gasteiger partial charge in [0.25, 0.3) is 0 Å². The molecule has 0 amide bonds. The highest BCUT2D eigenvalue weighted by molar-refractivity contribution is 6.42. The monoisotopic (exact) mass is 333 g/mol. The normalized spacial score (nSPS) is 10.8. The molecule has 0 heterocycles. The van der Waals surface area contributed by atoms with Crippen LogP contribution in [0.2, 0.25) is 20.1 Å². The van der Waals surface area contributed by atoms with E-state index in [1.807, 2.05) is 18.2 Å². The van der Waals surface area contributed by atoms with E-state index in [-0.39, 0.29) is 0 Å². The SMILES string of the molecule is NCCc1cc(Cl)cc(-c2c(Cl)cc(Cl)cc2Cl)c1. The second-order valence-electron chi connectivity index (χ2n) is 4.13. The Balaban J connectivity index is 2.58. The van der Waals surface area contributed by atoms with E-state index >= 15 is 0 Å². The third-order valence-electron chi connectivity index (χ3n) is 2.69. The molecule has 0 fully saturated rings. The zero-order valence-electron chi connectivity index (χ0n) is 9.89. The van der Waals surface area contributed by atoms with E-state index < -0.39 is 0 Å². The van der Waals surface area contributed by atoms with Gasteiger partial charge < -0.3 is 5.73 Å². The first kappa shape index (κ1) is 15.0. The molecule has 0 aliphatic heterocycles. The molecule has 19 heavy (non-hydrogen) atoms. The molecule has 0 unspecified atom stereocenters. The summed E-state index contributed by atoms with van der Waals surface area (Å²) < 4.78 is 0. The summed E-state index contributed by atoms with van der Waals surface area (Å²) in [6.45, 7) is 0.557. The summed E-state index contributed by atoms with van der Waals surface area (Å²) in [6.07, 6.45) is 0.746. The Labute approximate surface area is 132 Å². The van der Waals surface area contributed by atoms with Crippen molar-refractivity contribution in [2.75, 3.05) is 6.54 Å². The van der Waals surface area contributed by atoms with Crippen molar-refractivity contribution in [3.8, 4) is 11.1 Å². The molecule has 0 aromatic heterocycles. The topological polar surface area (TPSA) is 26.0 Å². The Kier molecular flexibility index (Phi) is 4.99. The highest BCUT2D eigenvalue weighted by atomic mass is 35.5. The van der Waals surface area contributed by atoms with Crippen LogP contribution in [0.1, 0.15) is 5.56 Å². The van der Waals surface area contributed by atoms with Crippen molar-refractivity contribution < 1.29 is 0 Å². The fourth-order valence-corrected chi connectivity index (χ4v) is 3.22. The van der Waals surface area contributed by atoms with Gasteiger partial charge in [-0.3, -0.25) is 0 Å². The van der Waals surface area contributed by atoms with E-state index in [4.69, 9.17) is 52.1 Å². The Morgan fingerprint density at radius 2 is 1.37 bits per heavy atom. The Morgan fingerprint density at radius 3 is 1.95 bits per heavy atom. The molecule has 0 saturated heterocycles. The van der Waals surface area contributed by atoms with E-state index in [0.717, 1.165) is 23.1 Å². The number of halogens is 4. The Bertz CT molecular complexity index is 587. The number of benzene rings is 2. The van der Waals surface area contributed by atoms with E-state index in [1.54, 1.807) is 12.1 Å². The minimum Gasteiger partial charge on any atom is -0.330 e. The maximum absolute atomic E-state index is 6.21. The number of rotatable bonds is 3. The molecule has 100 valence electrons. The lowest BCUT2D eigenvalue weighted by molar-refractivity contribution is 0.969. The summed E-state index contributed by atoms with van der Waals surface area (Å²) in [5.74, 6) is 0. The lowest BCUT2D eigenvalue weighted by atomic mass is 10.0. The molecule has 0 bridgehead atoms. The van der Waals surface area contributed by atoms with Crippen LogP contribution in [0, 0.1) is 0 Å². The maximum atomic E-state index is 6.21. The van der Waals surface area contributed by atoms with Gasteiger partial charge in [0.05, 0.1) is 10.0 Å². The molecule has 0 radical (unpaired) electrons. The lowest BCUT2D eigenvalue weighted by Crippen LogP contribution is -2.02. The molecule has 2 aromatic rings. The van der Waals surface area contributed by atoms with Gasteiger partial charge in [0.2, 0.25) is 0 Å². The quantitative estimate of drug-likeness (QED) is 0.791. The van der Waals surface area contributed by atoms with Crippen LogP contribution in [0.5, 0.6) is 0 Å². The largest absolute Gasteiger partial charge is 0.330 e. The molecule has 2 rings (SSSR count). The van der Waals surface area contributed by atoms with Crippen LogP contribution in [-0.2, 0) is 6.42 Å². The van der Waals surface area contributed by atoms with Crippen LogP contribution in [0.4, 0.5) is 0 Å². The highest BCUT2D eigenvalue weighted by Gasteiger charge is 2.11. The molecular weight excluding hydrogens is 324 g/mol. The van der Waals surface area contributed by atoms with Crippen molar-refractivity contribution in [1.82, 2.24) is 0 Å². The van der Waals surface area contributed by atoms with E-state index in [1.165, 1.54) is 0 Å². The van der Waals surface area contributed by atoms with E-state index in [0.29, 0.717) is 26.6 Å².